The molecule has 0 radical (unpaired) electrons. The van der Waals surface area contributed by atoms with Gasteiger partial charge in [0.25, 0.3) is 0 Å². The molecule has 1 amide bonds. The number of fused-ring (bicyclic) bond motifs is 1. The molecule has 0 bridgehead atoms. The summed E-state index contributed by atoms with van der Waals surface area (Å²) in [4.78, 5) is 21.3. The first-order valence-electron chi connectivity index (χ1n) is 9.03. The SMILES string of the molecule is CC[C@@H](C)NC(=O)CCNc1nc(-c2ccccc2)nc2ccccc12. The second kappa shape index (κ2) is 8.43. The van der Waals surface area contributed by atoms with Crippen LogP contribution in [0.25, 0.3) is 22.3 Å². The van der Waals surface area contributed by atoms with Crippen LogP contribution in [-0.2, 0) is 4.79 Å². The molecule has 5 heteroatoms. The number of carbonyl (C=O) groups is 1. The van der Waals surface area contributed by atoms with Gasteiger partial charge in [0, 0.05) is 30.0 Å². The van der Waals surface area contributed by atoms with Crippen molar-refractivity contribution in [3.05, 3.63) is 54.6 Å². The average molecular weight is 348 g/mol. The molecule has 3 aromatic rings. The third-order valence-corrected chi connectivity index (χ3v) is 4.30. The summed E-state index contributed by atoms with van der Waals surface area (Å²) in [5, 5.41) is 7.24. The van der Waals surface area contributed by atoms with E-state index in [9.17, 15) is 4.79 Å². The maximum absolute atomic E-state index is 12.0. The van der Waals surface area contributed by atoms with E-state index in [1.165, 1.54) is 0 Å². The molecule has 2 N–H and O–H groups in total. The predicted octanol–water partition coefficient (Wildman–Crippen LogP) is 4.01. The molecule has 5 nitrogen and oxygen atoms in total. The van der Waals surface area contributed by atoms with Gasteiger partial charge in [-0.3, -0.25) is 4.79 Å². The van der Waals surface area contributed by atoms with Crippen molar-refractivity contribution in [2.75, 3.05) is 11.9 Å². The second-order valence-electron chi connectivity index (χ2n) is 6.33. The predicted molar refractivity (Wildman–Crippen MR) is 106 cm³/mol. The molecule has 0 saturated carbocycles. The van der Waals surface area contributed by atoms with Crippen molar-refractivity contribution in [2.24, 2.45) is 0 Å². The number of amides is 1. The van der Waals surface area contributed by atoms with Gasteiger partial charge in [-0.05, 0) is 25.5 Å². The Kier molecular flexibility index (Phi) is 5.79. The fraction of sp³-hybridized carbons (Fsp3) is 0.286. The molecule has 134 valence electrons. The maximum Gasteiger partial charge on any atom is 0.221 e. The quantitative estimate of drug-likeness (QED) is 0.677. The minimum atomic E-state index is 0.0495. The number of benzene rings is 2. The molecular formula is C21H24N4O. The monoisotopic (exact) mass is 348 g/mol. The third kappa shape index (κ3) is 4.36. The standard InChI is InChI=1S/C21H24N4O/c1-3-15(2)23-19(26)13-14-22-21-17-11-7-8-12-18(17)24-20(25-21)16-9-5-4-6-10-16/h4-12,15H,3,13-14H2,1-2H3,(H,23,26)(H,22,24,25)/t15-/m1/s1. The van der Waals surface area contributed by atoms with Crippen molar-refractivity contribution in [3.63, 3.8) is 0 Å². The lowest BCUT2D eigenvalue weighted by molar-refractivity contribution is -0.121. The van der Waals surface area contributed by atoms with Crippen LogP contribution in [0.5, 0.6) is 0 Å². The number of nitrogens with one attached hydrogen (secondary N) is 2. The van der Waals surface area contributed by atoms with Crippen LogP contribution in [0.4, 0.5) is 5.82 Å². The fourth-order valence-electron chi connectivity index (χ4n) is 2.67. The average Bonchev–Trinajstić information content (AvgIpc) is 2.68. The van der Waals surface area contributed by atoms with Crippen LogP contribution in [0.2, 0.25) is 0 Å². The summed E-state index contributed by atoms with van der Waals surface area (Å²) in [5.41, 5.74) is 1.85. The van der Waals surface area contributed by atoms with E-state index in [-0.39, 0.29) is 11.9 Å². The van der Waals surface area contributed by atoms with Gasteiger partial charge in [0.15, 0.2) is 5.82 Å². The highest BCUT2D eigenvalue weighted by Crippen LogP contribution is 2.24. The molecule has 0 fully saturated rings. The summed E-state index contributed by atoms with van der Waals surface area (Å²) in [7, 11) is 0. The lowest BCUT2D eigenvalue weighted by Gasteiger charge is -2.13. The fourth-order valence-corrected chi connectivity index (χ4v) is 2.67. The van der Waals surface area contributed by atoms with Crippen LogP contribution in [0.1, 0.15) is 26.7 Å². The van der Waals surface area contributed by atoms with E-state index in [0.29, 0.717) is 18.8 Å². The Hall–Kier alpha value is -2.95. The number of para-hydroxylation sites is 1. The van der Waals surface area contributed by atoms with Crippen molar-refractivity contribution in [1.29, 1.82) is 0 Å². The summed E-state index contributed by atoms with van der Waals surface area (Å²) >= 11 is 0. The number of nitrogens with zero attached hydrogens (tertiary/aromatic N) is 2. The molecule has 0 aliphatic heterocycles. The van der Waals surface area contributed by atoms with Gasteiger partial charge >= 0.3 is 0 Å². The third-order valence-electron chi connectivity index (χ3n) is 4.30. The van der Waals surface area contributed by atoms with Gasteiger partial charge in [-0.25, -0.2) is 9.97 Å². The van der Waals surface area contributed by atoms with Gasteiger partial charge < -0.3 is 10.6 Å². The van der Waals surface area contributed by atoms with E-state index in [1.807, 2.05) is 61.5 Å². The van der Waals surface area contributed by atoms with Gasteiger partial charge in [0.1, 0.15) is 5.82 Å². The molecule has 1 atom stereocenters. The van der Waals surface area contributed by atoms with Gasteiger partial charge in [0.2, 0.25) is 5.91 Å². The smallest absolute Gasteiger partial charge is 0.221 e. The molecule has 0 spiro atoms. The minimum absolute atomic E-state index is 0.0495. The van der Waals surface area contributed by atoms with Crippen LogP contribution >= 0.6 is 0 Å². The van der Waals surface area contributed by atoms with E-state index < -0.39 is 0 Å². The highest BCUT2D eigenvalue weighted by atomic mass is 16.1. The zero-order valence-electron chi connectivity index (χ0n) is 15.2. The van der Waals surface area contributed by atoms with Crippen LogP contribution in [-0.4, -0.2) is 28.5 Å². The Morgan fingerprint density at radius 3 is 2.54 bits per heavy atom. The first-order valence-corrected chi connectivity index (χ1v) is 9.03. The molecule has 0 aliphatic carbocycles. The normalized spacial score (nSPS) is 11.9. The second-order valence-corrected chi connectivity index (χ2v) is 6.33. The van der Waals surface area contributed by atoms with E-state index >= 15 is 0 Å². The van der Waals surface area contributed by atoms with E-state index in [4.69, 9.17) is 4.98 Å². The lowest BCUT2D eigenvalue weighted by atomic mass is 10.2. The number of rotatable bonds is 7. The molecule has 0 aliphatic rings. The summed E-state index contributed by atoms with van der Waals surface area (Å²) in [6, 6.07) is 18.0. The van der Waals surface area contributed by atoms with Crippen LogP contribution in [0, 0.1) is 0 Å². The Morgan fingerprint density at radius 2 is 1.77 bits per heavy atom. The van der Waals surface area contributed by atoms with Crippen LogP contribution in [0.3, 0.4) is 0 Å². The molecule has 1 heterocycles. The van der Waals surface area contributed by atoms with E-state index in [1.54, 1.807) is 0 Å². The summed E-state index contributed by atoms with van der Waals surface area (Å²) in [6.45, 7) is 4.59. The van der Waals surface area contributed by atoms with Crippen molar-refractivity contribution in [1.82, 2.24) is 15.3 Å². The Balaban J connectivity index is 1.79. The highest BCUT2D eigenvalue weighted by Gasteiger charge is 2.10. The van der Waals surface area contributed by atoms with Crippen LogP contribution < -0.4 is 10.6 Å². The first-order chi connectivity index (χ1) is 12.7. The number of anilines is 1. The topological polar surface area (TPSA) is 66.9 Å². The molecular weight excluding hydrogens is 324 g/mol. The van der Waals surface area contributed by atoms with Gasteiger partial charge in [-0.15, -0.1) is 0 Å². The molecule has 0 unspecified atom stereocenters. The Bertz CT molecular complexity index is 880. The molecule has 3 rings (SSSR count). The van der Waals surface area contributed by atoms with Crippen molar-refractivity contribution in [3.8, 4) is 11.4 Å². The van der Waals surface area contributed by atoms with Crippen molar-refractivity contribution < 1.29 is 4.79 Å². The first kappa shape index (κ1) is 17.9. The minimum Gasteiger partial charge on any atom is -0.369 e. The lowest BCUT2D eigenvalue weighted by Crippen LogP contribution is -2.33. The molecule has 1 aromatic heterocycles. The highest BCUT2D eigenvalue weighted by molar-refractivity contribution is 5.90. The largest absolute Gasteiger partial charge is 0.369 e. The van der Waals surface area contributed by atoms with Crippen molar-refractivity contribution in [2.45, 2.75) is 32.7 Å². The maximum atomic E-state index is 12.0. The Morgan fingerprint density at radius 1 is 1.04 bits per heavy atom. The summed E-state index contributed by atoms with van der Waals surface area (Å²) in [5.74, 6) is 1.48. The molecule has 2 aromatic carbocycles. The number of hydrogen-bond donors (Lipinski definition) is 2. The summed E-state index contributed by atoms with van der Waals surface area (Å²) in [6.07, 6.45) is 1.33. The molecule has 26 heavy (non-hydrogen) atoms. The van der Waals surface area contributed by atoms with E-state index in [2.05, 4.69) is 22.5 Å². The molecule has 0 saturated heterocycles. The zero-order chi connectivity index (χ0) is 18.4. The summed E-state index contributed by atoms with van der Waals surface area (Å²) < 4.78 is 0. The number of aromatic nitrogens is 2. The van der Waals surface area contributed by atoms with Crippen molar-refractivity contribution >= 4 is 22.6 Å². The Labute approximate surface area is 153 Å². The van der Waals surface area contributed by atoms with Gasteiger partial charge in [-0.1, -0.05) is 49.4 Å². The van der Waals surface area contributed by atoms with Gasteiger partial charge in [-0.2, -0.15) is 0 Å². The zero-order valence-corrected chi connectivity index (χ0v) is 15.2. The van der Waals surface area contributed by atoms with Crippen LogP contribution in [0.15, 0.2) is 54.6 Å². The van der Waals surface area contributed by atoms with E-state index in [0.717, 1.165) is 28.7 Å². The number of hydrogen-bond acceptors (Lipinski definition) is 4. The number of carbonyl (C=O) groups excluding carboxylic acids is 1. The van der Waals surface area contributed by atoms with Gasteiger partial charge in [0.05, 0.1) is 5.52 Å².